The lowest BCUT2D eigenvalue weighted by Gasteiger charge is -2.30. The number of hydrogen-bond donors (Lipinski definition) is 2. The average molecular weight is 446 g/mol. The Morgan fingerprint density at radius 2 is 2.08 bits per heavy atom. The first-order valence-electron chi connectivity index (χ1n) is 8.53. The SMILES string of the molecule is CN=C(NCc1ncccc1C)NCC1(CCOC)CCCC1.I. The van der Waals surface area contributed by atoms with Crippen molar-refractivity contribution in [3.63, 3.8) is 0 Å². The topological polar surface area (TPSA) is 58.5 Å². The zero-order valence-electron chi connectivity index (χ0n) is 15.1. The van der Waals surface area contributed by atoms with Crippen LogP contribution in [0.5, 0.6) is 0 Å². The molecule has 1 aliphatic carbocycles. The third kappa shape index (κ3) is 6.20. The van der Waals surface area contributed by atoms with Crippen molar-refractivity contribution in [2.24, 2.45) is 10.4 Å². The van der Waals surface area contributed by atoms with Gasteiger partial charge in [-0.05, 0) is 43.2 Å². The van der Waals surface area contributed by atoms with E-state index in [-0.39, 0.29) is 24.0 Å². The maximum atomic E-state index is 5.30. The van der Waals surface area contributed by atoms with Gasteiger partial charge in [0.25, 0.3) is 0 Å². The van der Waals surface area contributed by atoms with Gasteiger partial charge >= 0.3 is 0 Å². The second-order valence-electron chi connectivity index (χ2n) is 6.50. The molecule has 136 valence electrons. The third-order valence-electron chi connectivity index (χ3n) is 4.90. The fourth-order valence-electron chi connectivity index (χ4n) is 3.32. The van der Waals surface area contributed by atoms with Gasteiger partial charge in [-0.1, -0.05) is 18.9 Å². The molecule has 5 nitrogen and oxygen atoms in total. The van der Waals surface area contributed by atoms with Gasteiger partial charge in [0.15, 0.2) is 5.96 Å². The predicted octanol–water partition coefficient (Wildman–Crippen LogP) is 3.27. The van der Waals surface area contributed by atoms with Crippen LogP contribution in [0.3, 0.4) is 0 Å². The summed E-state index contributed by atoms with van der Waals surface area (Å²) in [5.74, 6) is 0.846. The zero-order chi connectivity index (χ0) is 16.5. The Bertz CT molecular complexity index is 515. The number of ether oxygens (including phenoxy) is 1. The summed E-state index contributed by atoms with van der Waals surface area (Å²) in [6, 6.07) is 4.05. The summed E-state index contributed by atoms with van der Waals surface area (Å²) in [6.45, 7) is 4.56. The van der Waals surface area contributed by atoms with E-state index in [2.05, 4.69) is 33.6 Å². The predicted molar refractivity (Wildman–Crippen MR) is 110 cm³/mol. The molecular weight excluding hydrogens is 415 g/mol. The molecule has 2 N–H and O–H groups in total. The standard InChI is InChI=1S/C18H30N4O.HI/c1-15-7-6-11-20-16(15)13-21-17(19-2)22-14-18(10-12-23-3)8-4-5-9-18;/h6-7,11H,4-5,8-10,12-14H2,1-3H3,(H2,19,21,22);1H. The van der Waals surface area contributed by atoms with E-state index >= 15 is 0 Å². The van der Waals surface area contributed by atoms with Gasteiger partial charge in [0.2, 0.25) is 0 Å². The molecule has 0 atom stereocenters. The molecule has 1 heterocycles. The number of rotatable bonds is 7. The number of hydrogen-bond acceptors (Lipinski definition) is 3. The lowest BCUT2D eigenvalue weighted by molar-refractivity contribution is 0.138. The smallest absolute Gasteiger partial charge is 0.191 e. The summed E-state index contributed by atoms with van der Waals surface area (Å²) in [7, 11) is 3.60. The third-order valence-corrected chi connectivity index (χ3v) is 4.90. The van der Waals surface area contributed by atoms with Gasteiger partial charge < -0.3 is 15.4 Å². The lowest BCUT2D eigenvalue weighted by atomic mass is 9.83. The van der Waals surface area contributed by atoms with Gasteiger partial charge in [0.1, 0.15) is 0 Å². The number of aliphatic imine (C=N–C) groups is 1. The van der Waals surface area contributed by atoms with Gasteiger partial charge in [-0.25, -0.2) is 0 Å². The Kier molecular flexibility index (Phi) is 9.58. The van der Waals surface area contributed by atoms with Crippen molar-refractivity contribution < 1.29 is 4.74 Å². The normalized spacial score (nSPS) is 16.5. The van der Waals surface area contributed by atoms with Crippen molar-refractivity contribution in [2.75, 3.05) is 27.3 Å². The Labute approximate surface area is 163 Å². The number of methoxy groups -OCH3 is 1. The summed E-state index contributed by atoms with van der Waals surface area (Å²) in [5.41, 5.74) is 2.61. The van der Waals surface area contributed by atoms with E-state index < -0.39 is 0 Å². The number of aryl methyl sites for hydroxylation is 1. The fourth-order valence-corrected chi connectivity index (χ4v) is 3.32. The van der Waals surface area contributed by atoms with Crippen LogP contribution in [-0.4, -0.2) is 38.3 Å². The monoisotopic (exact) mass is 446 g/mol. The molecule has 24 heavy (non-hydrogen) atoms. The van der Waals surface area contributed by atoms with Crippen molar-refractivity contribution >= 4 is 29.9 Å². The molecule has 0 unspecified atom stereocenters. The Hall–Kier alpha value is -0.890. The van der Waals surface area contributed by atoms with E-state index in [0.717, 1.165) is 31.2 Å². The van der Waals surface area contributed by atoms with Crippen molar-refractivity contribution in [1.29, 1.82) is 0 Å². The van der Waals surface area contributed by atoms with Crippen LogP contribution in [0.2, 0.25) is 0 Å². The van der Waals surface area contributed by atoms with Gasteiger partial charge in [-0.15, -0.1) is 24.0 Å². The van der Waals surface area contributed by atoms with Crippen molar-refractivity contribution in [2.45, 2.75) is 45.6 Å². The minimum atomic E-state index is 0. The molecule has 0 spiro atoms. The Morgan fingerprint density at radius 1 is 1.33 bits per heavy atom. The van der Waals surface area contributed by atoms with Gasteiger partial charge in [0.05, 0.1) is 12.2 Å². The van der Waals surface area contributed by atoms with Gasteiger partial charge in [-0.2, -0.15) is 0 Å². The highest BCUT2D eigenvalue weighted by Gasteiger charge is 2.33. The molecule has 0 bridgehead atoms. The van der Waals surface area contributed by atoms with E-state index in [1.165, 1.54) is 31.2 Å². The molecule has 6 heteroatoms. The molecule has 2 rings (SSSR count). The van der Waals surface area contributed by atoms with E-state index in [1.807, 2.05) is 19.3 Å². The molecule has 0 aliphatic heterocycles. The highest BCUT2D eigenvalue weighted by atomic mass is 127. The number of nitrogens with one attached hydrogen (secondary N) is 2. The van der Waals surface area contributed by atoms with E-state index in [9.17, 15) is 0 Å². The molecular formula is C18H31IN4O. The lowest BCUT2D eigenvalue weighted by Crippen LogP contribution is -2.43. The summed E-state index contributed by atoms with van der Waals surface area (Å²) in [4.78, 5) is 8.75. The second kappa shape index (κ2) is 10.9. The first kappa shape index (κ1) is 21.2. The number of halogens is 1. The molecule has 0 saturated heterocycles. The molecule has 0 aromatic carbocycles. The molecule has 1 aromatic rings. The van der Waals surface area contributed by atoms with Gasteiger partial charge in [-0.3, -0.25) is 9.98 Å². The first-order chi connectivity index (χ1) is 11.2. The van der Waals surface area contributed by atoms with Crippen molar-refractivity contribution in [3.8, 4) is 0 Å². The van der Waals surface area contributed by atoms with Crippen LogP contribution in [0, 0.1) is 12.3 Å². The highest BCUT2D eigenvalue weighted by molar-refractivity contribution is 14.0. The minimum Gasteiger partial charge on any atom is -0.385 e. The van der Waals surface area contributed by atoms with E-state index in [0.29, 0.717) is 12.0 Å². The molecule has 1 saturated carbocycles. The van der Waals surface area contributed by atoms with Crippen LogP contribution in [0.4, 0.5) is 0 Å². The zero-order valence-corrected chi connectivity index (χ0v) is 17.4. The van der Waals surface area contributed by atoms with Crippen LogP contribution >= 0.6 is 24.0 Å². The number of aromatic nitrogens is 1. The molecule has 1 aliphatic rings. The van der Waals surface area contributed by atoms with Crippen LogP contribution in [0.1, 0.15) is 43.4 Å². The maximum Gasteiger partial charge on any atom is 0.191 e. The van der Waals surface area contributed by atoms with E-state index in [4.69, 9.17) is 4.74 Å². The minimum absolute atomic E-state index is 0. The van der Waals surface area contributed by atoms with Crippen molar-refractivity contribution in [1.82, 2.24) is 15.6 Å². The number of guanidine groups is 1. The summed E-state index contributed by atoms with van der Waals surface area (Å²) < 4.78 is 5.30. The van der Waals surface area contributed by atoms with Crippen LogP contribution < -0.4 is 10.6 Å². The summed E-state index contributed by atoms with van der Waals surface area (Å²) in [6.07, 6.45) is 8.15. The maximum absolute atomic E-state index is 5.30. The highest BCUT2D eigenvalue weighted by Crippen LogP contribution is 2.40. The van der Waals surface area contributed by atoms with Crippen LogP contribution in [-0.2, 0) is 11.3 Å². The molecule has 0 amide bonds. The number of pyridine rings is 1. The Morgan fingerprint density at radius 3 is 2.71 bits per heavy atom. The fraction of sp³-hybridized carbons (Fsp3) is 0.667. The average Bonchev–Trinajstić information content (AvgIpc) is 3.04. The summed E-state index contributed by atoms with van der Waals surface area (Å²) >= 11 is 0. The Balaban J connectivity index is 0.00000288. The second-order valence-corrected chi connectivity index (χ2v) is 6.50. The van der Waals surface area contributed by atoms with Crippen LogP contribution in [0.25, 0.3) is 0 Å². The van der Waals surface area contributed by atoms with Crippen LogP contribution in [0.15, 0.2) is 23.3 Å². The largest absolute Gasteiger partial charge is 0.385 e. The first-order valence-corrected chi connectivity index (χ1v) is 8.53. The van der Waals surface area contributed by atoms with Gasteiger partial charge in [0, 0.05) is 33.5 Å². The molecule has 1 aromatic heterocycles. The van der Waals surface area contributed by atoms with E-state index in [1.54, 1.807) is 7.11 Å². The molecule has 1 fully saturated rings. The molecule has 0 radical (unpaired) electrons. The van der Waals surface area contributed by atoms with Crippen molar-refractivity contribution in [3.05, 3.63) is 29.6 Å². The summed E-state index contributed by atoms with van der Waals surface area (Å²) in [5, 5.41) is 6.88. The quantitative estimate of drug-likeness (QED) is 0.384. The number of nitrogens with zero attached hydrogens (tertiary/aromatic N) is 2.